The molecule has 0 aliphatic heterocycles. The van der Waals surface area contributed by atoms with Crippen LogP contribution in [0.1, 0.15) is 110 Å². The topological polar surface area (TPSA) is 40.5 Å². The van der Waals surface area contributed by atoms with Crippen molar-refractivity contribution in [3.8, 4) is 0 Å². The molecule has 0 saturated heterocycles. The molecule has 2 N–H and O–H groups in total. The van der Waals surface area contributed by atoms with Gasteiger partial charge in [-0.1, -0.05) is 84.5 Å². The van der Waals surface area contributed by atoms with Crippen molar-refractivity contribution in [3.05, 3.63) is 0 Å². The summed E-state index contributed by atoms with van der Waals surface area (Å²) in [6.07, 6.45) is 17.1. The van der Waals surface area contributed by atoms with Crippen molar-refractivity contribution in [2.24, 2.45) is 0 Å². The molecule has 2 unspecified atom stereocenters. The van der Waals surface area contributed by atoms with Crippen molar-refractivity contribution in [2.75, 3.05) is 0 Å². The maximum absolute atomic E-state index is 9.93. The summed E-state index contributed by atoms with van der Waals surface area (Å²) in [5.74, 6) is 0. The summed E-state index contributed by atoms with van der Waals surface area (Å²) < 4.78 is 0. The van der Waals surface area contributed by atoms with Crippen molar-refractivity contribution in [3.63, 3.8) is 0 Å². The van der Waals surface area contributed by atoms with Crippen LogP contribution in [0.5, 0.6) is 0 Å². The molecule has 0 saturated carbocycles. The molecular weight excluding hydrogens is 260 g/mol. The average Bonchev–Trinajstić information content (AvgIpc) is 2.48. The summed E-state index contributed by atoms with van der Waals surface area (Å²) in [6, 6.07) is 0. The molecule has 2 atom stereocenters. The number of hydrogen-bond acceptors (Lipinski definition) is 2. The van der Waals surface area contributed by atoms with Gasteiger partial charge < -0.3 is 10.2 Å². The van der Waals surface area contributed by atoms with E-state index >= 15 is 0 Å². The van der Waals surface area contributed by atoms with Gasteiger partial charge in [0, 0.05) is 0 Å². The molecule has 0 aromatic rings. The van der Waals surface area contributed by atoms with Gasteiger partial charge in [0.25, 0.3) is 0 Å². The zero-order valence-electron chi connectivity index (χ0n) is 14.7. The number of rotatable bonds is 16. The lowest BCUT2D eigenvalue weighted by Crippen LogP contribution is -2.07. The average molecular weight is 301 g/mol. The predicted octanol–water partition coefficient (Wildman–Crippen LogP) is 5.60. The number of aliphatic hydroxyl groups is 2. The van der Waals surface area contributed by atoms with Gasteiger partial charge in [0.15, 0.2) is 0 Å². The van der Waals surface area contributed by atoms with Crippen molar-refractivity contribution in [1.29, 1.82) is 0 Å². The minimum Gasteiger partial charge on any atom is -0.393 e. The van der Waals surface area contributed by atoms with Gasteiger partial charge >= 0.3 is 0 Å². The number of unbranched alkanes of at least 4 members (excludes halogenated alkanes) is 8. The third kappa shape index (κ3) is 16.1. The molecule has 0 heterocycles. The maximum atomic E-state index is 9.93. The first kappa shape index (κ1) is 20.9. The maximum Gasteiger partial charge on any atom is 0.0540 e. The Labute approximate surface area is 133 Å². The fourth-order valence-corrected chi connectivity index (χ4v) is 2.83. The Morgan fingerprint density at radius 2 is 0.810 bits per heavy atom. The van der Waals surface area contributed by atoms with E-state index in [0.29, 0.717) is 0 Å². The molecule has 21 heavy (non-hydrogen) atoms. The van der Waals surface area contributed by atoms with Gasteiger partial charge in [-0.3, -0.25) is 0 Å². The third-order valence-electron chi connectivity index (χ3n) is 4.36. The SMILES string of the molecule is CCCCCCCCC(O)CCCCCC(O)CCCC. The summed E-state index contributed by atoms with van der Waals surface area (Å²) in [5.41, 5.74) is 0. The standard InChI is InChI=1S/C19H40O2/c1-3-5-7-8-9-11-15-19(21)17-13-10-12-16-18(20)14-6-4-2/h18-21H,3-17H2,1-2H3. The molecule has 2 heteroatoms. The van der Waals surface area contributed by atoms with Crippen LogP contribution in [0.15, 0.2) is 0 Å². The Hall–Kier alpha value is -0.0800. The Kier molecular flexibility index (Phi) is 16.2. The van der Waals surface area contributed by atoms with Crippen LogP contribution in [0, 0.1) is 0 Å². The van der Waals surface area contributed by atoms with E-state index in [1.165, 1.54) is 44.9 Å². The summed E-state index contributed by atoms with van der Waals surface area (Å²) >= 11 is 0. The van der Waals surface area contributed by atoms with Crippen LogP contribution < -0.4 is 0 Å². The van der Waals surface area contributed by atoms with E-state index in [4.69, 9.17) is 0 Å². The van der Waals surface area contributed by atoms with Gasteiger partial charge in [0.1, 0.15) is 0 Å². The second-order valence-electron chi connectivity index (χ2n) is 6.64. The molecule has 0 bridgehead atoms. The minimum atomic E-state index is -0.0991. The van der Waals surface area contributed by atoms with E-state index in [1.54, 1.807) is 0 Å². The first-order chi connectivity index (χ1) is 10.2. The van der Waals surface area contributed by atoms with E-state index in [2.05, 4.69) is 13.8 Å². The summed E-state index contributed by atoms with van der Waals surface area (Å²) in [4.78, 5) is 0. The van der Waals surface area contributed by atoms with Gasteiger partial charge in [0.2, 0.25) is 0 Å². The van der Waals surface area contributed by atoms with Crippen molar-refractivity contribution in [2.45, 2.75) is 122 Å². The third-order valence-corrected chi connectivity index (χ3v) is 4.36. The van der Waals surface area contributed by atoms with Gasteiger partial charge in [-0.25, -0.2) is 0 Å². The lowest BCUT2D eigenvalue weighted by molar-refractivity contribution is 0.139. The van der Waals surface area contributed by atoms with Crippen LogP contribution in [0.4, 0.5) is 0 Å². The van der Waals surface area contributed by atoms with E-state index in [0.717, 1.165) is 51.4 Å². The highest BCUT2D eigenvalue weighted by molar-refractivity contribution is 4.59. The van der Waals surface area contributed by atoms with Crippen LogP contribution in [-0.4, -0.2) is 22.4 Å². The van der Waals surface area contributed by atoms with Crippen molar-refractivity contribution < 1.29 is 10.2 Å². The fourth-order valence-electron chi connectivity index (χ4n) is 2.83. The fraction of sp³-hybridized carbons (Fsp3) is 1.00. The molecule has 0 spiro atoms. The van der Waals surface area contributed by atoms with Gasteiger partial charge in [-0.05, 0) is 25.7 Å². The van der Waals surface area contributed by atoms with Crippen molar-refractivity contribution >= 4 is 0 Å². The quantitative estimate of drug-likeness (QED) is 0.364. The zero-order valence-corrected chi connectivity index (χ0v) is 14.7. The second-order valence-corrected chi connectivity index (χ2v) is 6.64. The highest BCUT2D eigenvalue weighted by Crippen LogP contribution is 2.14. The summed E-state index contributed by atoms with van der Waals surface area (Å²) in [5, 5.41) is 19.7. The number of hydrogen-bond donors (Lipinski definition) is 2. The molecule has 0 aromatic heterocycles. The van der Waals surface area contributed by atoms with Crippen LogP contribution in [0.25, 0.3) is 0 Å². The van der Waals surface area contributed by atoms with E-state index in [1.807, 2.05) is 0 Å². The Balaban J connectivity index is 3.24. The van der Waals surface area contributed by atoms with Crippen LogP contribution in [0.3, 0.4) is 0 Å². The van der Waals surface area contributed by atoms with Crippen molar-refractivity contribution in [1.82, 2.24) is 0 Å². The molecule has 0 amide bonds. The molecule has 2 nitrogen and oxygen atoms in total. The largest absolute Gasteiger partial charge is 0.393 e. The first-order valence-corrected chi connectivity index (χ1v) is 9.56. The zero-order chi connectivity index (χ0) is 15.8. The number of aliphatic hydroxyl groups excluding tert-OH is 2. The molecule has 0 radical (unpaired) electrons. The van der Waals surface area contributed by atoms with Crippen LogP contribution >= 0.6 is 0 Å². The molecule has 0 aliphatic carbocycles. The lowest BCUT2D eigenvalue weighted by Gasteiger charge is -2.11. The molecule has 0 fully saturated rings. The molecular formula is C19H40O2. The Bertz CT molecular complexity index is 194. The van der Waals surface area contributed by atoms with Crippen LogP contribution in [0.2, 0.25) is 0 Å². The predicted molar refractivity (Wildman–Crippen MR) is 92.6 cm³/mol. The molecule has 0 aromatic carbocycles. The summed E-state index contributed by atoms with van der Waals surface area (Å²) in [6.45, 7) is 4.41. The Morgan fingerprint density at radius 3 is 1.29 bits per heavy atom. The van der Waals surface area contributed by atoms with E-state index < -0.39 is 0 Å². The van der Waals surface area contributed by atoms with Gasteiger partial charge in [-0.15, -0.1) is 0 Å². The second kappa shape index (κ2) is 16.3. The van der Waals surface area contributed by atoms with Crippen LogP contribution in [-0.2, 0) is 0 Å². The smallest absolute Gasteiger partial charge is 0.0540 e. The minimum absolute atomic E-state index is 0.0961. The van der Waals surface area contributed by atoms with Gasteiger partial charge in [0.05, 0.1) is 12.2 Å². The normalized spacial score (nSPS) is 14.3. The van der Waals surface area contributed by atoms with Gasteiger partial charge in [-0.2, -0.15) is 0 Å². The molecule has 0 rings (SSSR count). The Morgan fingerprint density at radius 1 is 0.476 bits per heavy atom. The van der Waals surface area contributed by atoms with E-state index in [-0.39, 0.29) is 12.2 Å². The monoisotopic (exact) mass is 300 g/mol. The van der Waals surface area contributed by atoms with E-state index in [9.17, 15) is 10.2 Å². The lowest BCUT2D eigenvalue weighted by atomic mass is 10.0. The molecule has 128 valence electrons. The highest BCUT2D eigenvalue weighted by atomic mass is 16.3. The first-order valence-electron chi connectivity index (χ1n) is 9.56. The summed E-state index contributed by atoms with van der Waals surface area (Å²) in [7, 11) is 0. The molecule has 0 aliphatic rings. The highest BCUT2D eigenvalue weighted by Gasteiger charge is 2.05.